The predicted molar refractivity (Wildman–Crippen MR) is 31.9 cm³/mol. The molecule has 1 aliphatic rings. The Balaban J connectivity index is 2.13. The summed E-state index contributed by atoms with van der Waals surface area (Å²) in [6.45, 7) is 1.84. The Labute approximate surface area is 49.2 Å². The lowest BCUT2D eigenvalue weighted by Gasteiger charge is -2.29. The van der Waals surface area contributed by atoms with Crippen LogP contribution in [0.25, 0.3) is 0 Å². The Morgan fingerprint density at radius 1 is 1.12 bits per heavy atom. The van der Waals surface area contributed by atoms with Crippen LogP contribution >= 0.6 is 0 Å². The molecule has 8 heavy (non-hydrogen) atoms. The van der Waals surface area contributed by atoms with Crippen molar-refractivity contribution in [2.45, 2.75) is 19.3 Å². The van der Waals surface area contributed by atoms with Crippen LogP contribution in [0.1, 0.15) is 19.3 Å². The summed E-state index contributed by atoms with van der Waals surface area (Å²) in [6.07, 6.45) is 3.60. The quantitative estimate of drug-likeness (QED) is 0.505. The molecule has 3 heteroatoms. The molecule has 0 spiro atoms. The molecular weight excluding hydrogens is 104 g/mol. The van der Waals surface area contributed by atoms with Crippen molar-refractivity contribution in [3.05, 3.63) is 5.21 Å². The highest BCUT2D eigenvalue weighted by atomic mass is 16.5. The van der Waals surface area contributed by atoms with Gasteiger partial charge in [-0.1, -0.05) is 6.42 Å². The van der Waals surface area contributed by atoms with Gasteiger partial charge in [-0.05, 0) is 12.8 Å². The molecule has 1 rings (SSSR count). The largest absolute Gasteiger partial charge is 0.774 e. The molecule has 0 atom stereocenters. The molecule has 1 heterocycles. The van der Waals surface area contributed by atoms with E-state index in [4.69, 9.17) is 0 Å². The van der Waals surface area contributed by atoms with E-state index >= 15 is 0 Å². The molecule has 0 aromatic carbocycles. The number of hydrogen-bond acceptors (Lipinski definition) is 3. The summed E-state index contributed by atoms with van der Waals surface area (Å²) in [6, 6.07) is 0. The Hall–Kier alpha value is -0.120. The second-order valence-electron chi connectivity index (χ2n) is 2.14. The topological polar surface area (TPSA) is 38.3 Å². The molecule has 0 saturated carbocycles. The van der Waals surface area contributed by atoms with Gasteiger partial charge in [0.25, 0.3) is 0 Å². The van der Waals surface area contributed by atoms with Gasteiger partial charge in [0.2, 0.25) is 0 Å². The smallest absolute Gasteiger partial charge is 0.0121 e. The molecule has 3 nitrogen and oxygen atoms in total. The monoisotopic (exact) mass is 115 g/mol. The number of piperidine rings is 1. The van der Waals surface area contributed by atoms with E-state index in [0.29, 0.717) is 0 Å². The maximum absolute atomic E-state index is 9.96. The Bertz CT molecular complexity index is 61.4. The zero-order chi connectivity index (χ0) is 5.82. The highest BCUT2D eigenvalue weighted by molar-refractivity contribution is 4.59. The maximum atomic E-state index is 9.96. The van der Waals surface area contributed by atoms with E-state index in [1.807, 2.05) is 5.59 Å². The highest BCUT2D eigenvalue weighted by Crippen LogP contribution is 2.04. The summed E-state index contributed by atoms with van der Waals surface area (Å²) in [5.74, 6) is 0. The number of nitrogens with one attached hydrogen (secondary N) is 1. The summed E-state index contributed by atoms with van der Waals surface area (Å²) in [7, 11) is 0. The SMILES string of the molecule is [O-]NN1CCCCC1. The maximum Gasteiger partial charge on any atom is 0.0121 e. The van der Waals surface area contributed by atoms with Gasteiger partial charge in [-0.25, -0.2) is 0 Å². The standard InChI is InChI=1S/C5H11N2O/c8-6-7-4-2-1-3-5-7/h6H,1-5H2/q-1. The highest BCUT2D eigenvalue weighted by Gasteiger charge is 2.04. The minimum absolute atomic E-state index is 0.920. The third-order valence-corrected chi connectivity index (χ3v) is 1.49. The van der Waals surface area contributed by atoms with Crippen molar-refractivity contribution < 1.29 is 0 Å². The van der Waals surface area contributed by atoms with Gasteiger partial charge in [0.1, 0.15) is 0 Å². The van der Waals surface area contributed by atoms with E-state index in [-0.39, 0.29) is 0 Å². The molecule has 1 N–H and O–H groups in total. The van der Waals surface area contributed by atoms with Gasteiger partial charge in [-0.3, -0.25) is 5.01 Å². The Morgan fingerprint density at radius 2 is 1.75 bits per heavy atom. The second kappa shape index (κ2) is 3.02. The molecule has 0 aromatic rings. The molecule has 0 unspecified atom stereocenters. The first-order valence-corrected chi connectivity index (χ1v) is 3.06. The van der Waals surface area contributed by atoms with Gasteiger partial charge in [0.15, 0.2) is 0 Å². The van der Waals surface area contributed by atoms with Crippen LogP contribution in [0.2, 0.25) is 0 Å². The van der Waals surface area contributed by atoms with Gasteiger partial charge in [-0.2, -0.15) is 0 Å². The van der Waals surface area contributed by atoms with Crippen LogP contribution < -0.4 is 5.59 Å². The van der Waals surface area contributed by atoms with Crippen LogP contribution in [-0.4, -0.2) is 18.1 Å². The molecular formula is C5H11N2O-. The van der Waals surface area contributed by atoms with Crippen molar-refractivity contribution in [2.24, 2.45) is 0 Å². The number of nitrogens with zero attached hydrogens (tertiary/aromatic N) is 1. The first kappa shape index (κ1) is 6.01. The lowest BCUT2D eigenvalue weighted by Crippen LogP contribution is -2.37. The fourth-order valence-electron chi connectivity index (χ4n) is 0.985. The average molecular weight is 115 g/mol. The number of rotatable bonds is 1. The normalized spacial score (nSPS) is 23.6. The van der Waals surface area contributed by atoms with Crippen LogP contribution in [0.4, 0.5) is 0 Å². The zero-order valence-corrected chi connectivity index (χ0v) is 4.89. The van der Waals surface area contributed by atoms with Crippen molar-refractivity contribution in [3.63, 3.8) is 0 Å². The van der Waals surface area contributed by atoms with Crippen molar-refractivity contribution in [3.8, 4) is 0 Å². The molecule has 1 aliphatic heterocycles. The summed E-state index contributed by atoms with van der Waals surface area (Å²) in [5.41, 5.74) is 1.89. The van der Waals surface area contributed by atoms with E-state index in [9.17, 15) is 5.21 Å². The van der Waals surface area contributed by atoms with Crippen LogP contribution in [0.3, 0.4) is 0 Å². The van der Waals surface area contributed by atoms with Crippen LogP contribution in [0, 0.1) is 5.21 Å². The fraction of sp³-hybridized carbons (Fsp3) is 1.00. The molecule has 0 aromatic heterocycles. The first-order valence-electron chi connectivity index (χ1n) is 3.06. The summed E-state index contributed by atoms with van der Waals surface area (Å²) < 4.78 is 0. The Morgan fingerprint density at radius 3 is 2.12 bits per heavy atom. The summed E-state index contributed by atoms with van der Waals surface area (Å²) in [4.78, 5) is 0. The van der Waals surface area contributed by atoms with Crippen molar-refractivity contribution in [1.29, 1.82) is 0 Å². The molecule has 0 amide bonds. The van der Waals surface area contributed by atoms with Gasteiger partial charge in [-0.15, -0.1) is 0 Å². The van der Waals surface area contributed by atoms with E-state index in [1.54, 1.807) is 5.01 Å². The molecule has 1 fully saturated rings. The lowest BCUT2D eigenvalue weighted by molar-refractivity contribution is 0.183. The molecule has 0 aliphatic carbocycles. The number of hydrogen-bond donors (Lipinski definition) is 1. The van der Waals surface area contributed by atoms with Gasteiger partial charge < -0.3 is 10.8 Å². The zero-order valence-electron chi connectivity index (χ0n) is 4.89. The Kier molecular flexibility index (Phi) is 2.27. The second-order valence-corrected chi connectivity index (χ2v) is 2.14. The minimum Gasteiger partial charge on any atom is -0.774 e. The van der Waals surface area contributed by atoms with Crippen molar-refractivity contribution >= 4 is 0 Å². The predicted octanol–water partition coefficient (Wildman–Crippen LogP) is 0.475. The van der Waals surface area contributed by atoms with Crippen LogP contribution in [-0.2, 0) is 0 Å². The molecule has 0 bridgehead atoms. The van der Waals surface area contributed by atoms with E-state index in [1.165, 1.54) is 6.42 Å². The van der Waals surface area contributed by atoms with Crippen LogP contribution in [0.5, 0.6) is 0 Å². The molecule has 48 valence electrons. The van der Waals surface area contributed by atoms with E-state index < -0.39 is 0 Å². The minimum atomic E-state index is 0.920. The number of hydrazine groups is 1. The van der Waals surface area contributed by atoms with Gasteiger partial charge in [0, 0.05) is 13.1 Å². The van der Waals surface area contributed by atoms with Crippen molar-refractivity contribution in [2.75, 3.05) is 13.1 Å². The van der Waals surface area contributed by atoms with E-state index in [2.05, 4.69) is 0 Å². The van der Waals surface area contributed by atoms with Crippen LogP contribution in [0.15, 0.2) is 0 Å². The summed E-state index contributed by atoms with van der Waals surface area (Å²) in [5, 5.41) is 11.7. The third kappa shape index (κ3) is 1.43. The van der Waals surface area contributed by atoms with Crippen molar-refractivity contribution in [1.82, 2.24) is 10.6 Å². The fourth-order valence-corrected chi connectivity index (χ4v) is 0.985. The van der Waals surface area contributed by atoms with E-state index in [0.717, 1.165) is 25.9 Å². The first-order chi connectivity index (χ1) is 3.93. The third-order valence-electron chi connectivity index (χ3n) is 1.49. The lowest BCUT2D eigenvalue weighted by atomic mass is 10.2. The van der Waals surface area contributed by atoms with Gasteiger partial charge in [0.05, 0.1) is 0 Å². The molecule has 1 saturated heterocycles. The summed E-state index contributed by atoms with van der Waals surface area (Å²) >= 11 is 0. The average Bonchev–Trinajstić information content (AvgIpc) is 1.90. The molecule has 0 radical (unpaired) electrons. The van der Waals surface area contributed by atoms with Gasteiger partial charge >= 0.3 is 0 Å².